The van der Waals surface area contributed by atoms with Crippen LogP contribution in [0.25, 0.3) is 11.1 Å². The van der Waals surface area contributed by atoms with Gasteiger partial charge in [0.15, 0.2) is 0 Å². The lowest BCUT2D eigenvalue weighted by Gasteiger charge is -2.10. The lowest BCUT2D eigenvalue weighted by Crippen LogP contribution is -2.11. The number of rotatable bonds is 3. The number of carbonyl (C=O) groups is 1. The van der Waals surface area contributed by atoms with Crippen LogP contribution in [0, 0.1) is 0 Å². The van der Waals surface area contributed by atoms with Crippen molar-refractivity contribution < 1.29 is 14.6 Å². The van der Waals surface area contributed by atoms with E-state index in [0.29, 0.717) is 5.69 Å². The van der Waals surface area contributed by atoms with Crippen LogP contribution >= 0.6 is 0 Å². The van der Waals surface area contributed by atoms with E-state index in [1.807, 2.05) is 48.5 Å². The average molecular weight is 257 g/mol. The lowest BCUT2D eigenvalue weighted by atomic mass is 10.0. The highest BCUT2D eigenvalue weighted by atomic mass is 16.5. The fourth-order valence-corrected chi connectivity index (χ4v) is 1.79. The largest absolute Gasteiger partial charge is 0.453 e. The highest BCUT2D eigenvalue weighted by Crippen LogP contribution is 2.28. The van der Waals surface area contributed by atoms with E-state index in [1.54, 1.807) is 0 Å². The molecule has 2 aromatic rings. The minimum atomic E-state index is -0.501. The zero-order chi connectivity index (χ0) is 13.7. The molecule has 2 rings (SSSR count). The number of amides is 1. The lowest BCUT2D eigenvalue weighted by molar-refractivity contribution is 0.187. The number of hydrogen-bond acceptors (Lipinski definition) is 3. The Morgan fingerprint density at radius 3 is 2.47 bits per heavy atom. The molecule has 0 aliphatic heterocycles. The third-order valence-electron chi connectivity index (χ3n) is 2.80. The molecule has 0 aliphatic rings. The van der Waals surface area contributed by atoms with Crippen LogP contribution in [0.15, 0.2) is 48.5 Å². The number of methoxy groups -OCH3 is 1. The van der Waals surface area contributed by atoms with E-state index in [-0.39, 0.29) is 6.61 Å². The normalized spacial score (nSPS) is 10.0. The topological polar surface area (TPSA) is 58.6 Å². The van der Waals surface area contributed by atoms with Gasteiger partial charge < -0.3 is 9.84 Å². The minimum absolute atomic E-state index is 0.0162. The smallest absolute Gasteiger partial charge is 0.411 e. The van der Waals surface area contributed by atoms with Gasteiger partial charge in [0.2, 0.25) is 0 Å². The molecular formula is C15H15NO3. The summed E-state index contributed by atoms with van der Waals surface area (Å²) in [6.07, 6.45) is -0.501. The molecule has 2 aromatic carbocycles. The molecule has 1 amide bonds. The van der Waals surface area contributed by atoms with Crippen molar-refractivity contribution in [2.75, 3.05) is 12.4 Å². The Kier molecular flexibility index (Phi) is 4.15. The summed E-state index contributed by atoms with van der Waals surface area (Å²) in [5.41, 5.74) is 3.40. The molecule has 0 heterocycles. The van der Waals surface area contributed by atoms with Crippen molar-refractivity contribution in [3.8, 4) is 11.1 Å². The standard InChI is InChI=1S/C15H15NO3/c1-19-15(18)16-14-5-3-2-4-13(14)12-8-6-11(10-17)7-9-12/h2-9,17H,10H2,1H3,(H,16,18). The molecule has 4 heteroatoms. The number of benzene rings is 2. The van der Waals surface area contributed by atoms with E-state index < -0.39 is 6.09 Å². The molecule has 0 aromatic heterocycles. The first-order valence-electron chi connectivity index (χ1n) is 5.88. The molecule has 0 aliphatic carbocycles. The number of aliphatic hydroxyl groups excluding tert-OH is 1. The van der Waals surface area contributed by atoms with Crippen molar-refractivity contribution in [1.29, 1.82) is 0 Å². The summed E-state index contributed by atoms with van der Waals surface area (Å²) < 4.78 is 4.60. The number of ether oxygens (including phenoxy) is 1. The Morgan fingerprint density at radius 1 is 1.16 bits per heavy atom. The minimum Gasteiger partial charge on any atom is -0.453 e. The van der Waals surface area contributed by atoms with Crippen molar-refractivity contribution in [2.45, 2.75) is 6.61 Å². The molecule has 19 heavy (non-hydrogen) atoms. The van der Waals surface area contributed by atoms with Crippen molar-refractivity contribution in [3.63, 3.8) is 0 Å². The number of aliphatic hydroxyl groups is 1. The van der Waals surface area contributed by atoms with Crippen LogP contribution in [0.3, 0.4) is 0 Å². The van der Waals surface area contributed by atoms with Crippen LogP contribution in [0.1, 0.15) is 5.56 Å². The molecule has 2 N–H and O–H groups in total. The fraction of sp³-hybridized carbons (Fsp3) is 0.133. The van der Waals surface area contributed by atoms with Gasteiger partial charge in [0.1, 0.15) is 0 Å². The molecular weight excluding hydrogens is 242 g/mol. The van der Waals surface area contributed by atoms with Gasteiger partial charge in [0.05, 0.1) is 19.4 Å². The number of para-hydroxylation sites is 1. The number of carbonyl (C=O) groups excluding carboxylic acids is 1. The summed E-state index contributed by atoms with van der Waals surface area (Å²) in [6.45, 7) is 0.0162. The van der Waals surface area contributed by atoms with Crippen molar-refractivity contribution in [2.24, 2.45) is 0 Å². The first-order valence-corrected chi connectivity index (χ1v) is 5.88. The Morgan fingerprint density at radius 2 is 1.84 bits per heavy atom. The highest BCUT2D eigenvalue weighted by Gasteiger charge is 2.07. The summed E-state index contributed by atoms with van der Waals surface area (Å²) in [6, 6.07) is 15.0. The second kappa shape index (κ2) is 6.02. The molecule has 0 atom stereocenters. The third-order valence-corrected chi connectivity index (χ3v) is 2.80. The van der Waals surface area contributed by atoms with Crippen LogP contribution in [0.4, 0.5) is 10.5 Å². The predicted molar refractivity (Wildman–Crippen MR) is 73.8 cm³/mol. The molecule has 98 valence electrons. The SMILES string of the molecule is COC(=O)Nc1ccccc1-c1ccc(CO)cc1. The van der Waals surface area contributed by atoms with Gasteiger partial charge in [-0.2, -0.15) is 0 Å². The van der Waals surface area contributed by atoms with Gasteiger partial charge in [0, 0.05) is 5.56 Å². The van der Waals surface area contributed by atoms with Crippen LogP contribution in [-0.4, -0.2) is 18.3 Å². The Balaban J connectivity index is 2.35. The van der Waals surface area contributed by atoms with E-state index in [4.69, 9.17) is 5.11 Å². The van der Waals surface area contributed by atoms with Crippen molar-refractivity contribution in [3.05, 3.63) is 54.1 Å². The second-order valence-electron chi connectivity index (χ2n) is 4.02. The van der Waals surface area contributed by atoms with Gasteiger partial charge in [-0.25, -0.2) is 4.79 Å². The predicted octanol–water partition coefficient (Wildman–Crippen LogP) is 3.02. The van der Waals surface area contributed by atoms with Crippen LogP contribution in [-0.2, 0) is 11.3 Å². The average Bonchev–Trinajstić information content (AvgIpc) is 2.48. The molecule has 0 saturated heterocycles. The van der Waals surface area contributed by atoms with E-state index in [9.17, 15) is 4.79 Å². The van der Waals surface area contributed by atoms with Crippen LogP contribution < -0.4 is 5.32 Å². The fourth-order valence-electron chi connectivity index (χ4n) is 1.79. The van der Waals surface area contributed by atoms with E-state index >= 15 is 0 Å². The molecule has 0 saturated carbocycles. The summed E-state index contributed by atoms with van der Waals surface area (Å²) in [7, 11) is 1.33. The summed E-state index contributed by atoms with van der Waals surface area (Å²) in [5.74, 6) is 0. The molecule has 0 radical (unpaired) electrons. The monoisotopic (exact) mass is 257 g/mol. The van der Waals surface area contributed by atoms with Crippen molar-refractivity contribution >= 4 is 11.8 Å². The zero-order valence-electron chi connectivity index (χ0n) is 10.6. The summed E-state index contributed by atoms with van der Waals surface area (Å²) >= 11 is 0. The number of anilines is 1. The Bertz CT molecular complexity index is 564. The van der Waals surface area contributed by atoms with Gasteiger partial charge in [0.25, 0.3) is 0 Å². The van der Waals surface area contributed by atoms with Crippen LogP contribution in [0.2, 0.25) is 0 Å². The Hall–Kier alpha value is -2.33. The first kappa shape index (κ1) is 13.1. The zero-order valence-corrected chi connectivity index (χ0v) is 10.6. The molecule has 0 spiro atoms. The number of nitrogens with one attached hydrogen (secondary N) is 1. The van der Waals surface area contributed by atoms with Crippen molar-refractivity contribution in [1.82, 2.24) is 0 Å². The van der Waals surface area contributed by atoms with Gasteiger partial charge in [-0.3, -0.25) is 5.32 Å². The maximum Gasteiger partial charge on any atom is 0.411 e. The maximum absolute atomic E-state index is 11.3. The summed E-state index contributed by atoms with van der Waals surface area (Å²) in [4.78, 5) is 11.3. The molecule has 0 unspecified atom stereocenters. The highest BCUT2D eigenvalue weighted by molar-refractivity contribution is 5.91. The first-order chi connectivity index (χ1) is 9.24. The van der Waals surface area contributed by atoms with E-state index in [0.717, 1.165) is 16.7 Å². The van der Waals surface area contributed by atoms with E-state index in [2.05, 4.69) is 10.1 Å². The molecule has 0 bridgehead atoms. The number of hydrogen-bond donors (Lipinski definition) is 2. The molecule has 4 nitrogen and oxygen atoms in total. The van der Waals surface area contributed by atoms with Gasteiger partial charge in [-0.05, 0) is 17.2 Å². The quantitative estimate of drug-likeness (QED) is 0.888. The van der Waals surface area contributed by atoms with Gasteiger partial charge >= 0.3 is 6.09 Å². The van der Waals surface area contributed by atoms with Gasteiger partial charge in [-0.1, -0.05) is 42.5 Å². The maximum atomic E-state index is 11.3. The van der Waals surface area contributed by atoms with Gasteiger partial charge in [-0.15, -0.1) is 0 Å². The second-order valence-corrected chi connectivity index (χ2v) is 4.02. The summed E-state index contributed by atoms with van der Waals surface area (Å²) in [5, 5.41) is 11.7. The van der Waals surface area contributed by atoms with E-state index in [1.165, 1.54) is 7.11 Å². The third kappa shape index (κ3) is 3.11. The Labute approximate surface area is 111 Å². The van der Waals surface area contributed by atoms with Crippen LogP contribution in [0.5, 0.6) is 0 Å². The molecule has 0 fully saturated rings.